The number of rotatable bonds is 4. The molecule has 1 atom stereocenters. The van der Waals surface area contributed by atoms with Gasteiger partial charge in [-0.2, -0.15) is 0 Å². The van der Waals surface area contributed by atoms with Crippen LogP contribution in [0.3, 0.4) is 0 Å². The van der Waals surface area contributed by atoms with Crippen LogP contribution in [0.15, 0.2) is 30.3 Å². The number of amides is 1. The Kier molecular flexibility index (Phi) is 4.10. The van der Waals surface area contributed by atoms with Crippen molar-refractivity contribution in [2.75, 3.05) is 24.5 Å². The van der Waals surface area contributed by atoms with Crippen LogP contribution in [0.5, 0.6) is 0 Å². The van der Waals surface area contributed by atoms with Gasteiger partial charge in [0.25, 0.3) is 0 Å². The van der Waals surface area contributed by atoms with Gasteiger partial charge in [0.2, 0.25) is 5.91 Å². The molecule has 1 heterocycles. The van der Waals surface area contributed by atoms with Crippen molar-refractivity contribution < 1.29 is 4.79 Å². The highest BCUT2D eigenvalue weighted by atomic mass is 16.2. The molecule has 1 amide bonds. The number of nitrogens with one attached hydrogen (secondary N) is 1. The van der Waals surface area contributed by atoms with E-state index in [1.165, 1.54) is 5.69 Å². The van der Waals surface area contributed by atoms with E-state index in [2.05, 4.69) is 34.5 Å². The molecule has 1 unspecified atom stereocenters. The van der Waals surface area contributed by atoms with Crippen molar-refractivity contribution in [1.82, 2.24) is 5.32 Å². The highest BCUT2D eigenvalue weighted by Gasteiger charge is 2.26. The molecular weight excluding hydrogens is 238 g/mol. The minimum absolute atomic E-state index is 0.0781. The van der Waals surface area contributed by atoms with Crippen molar-refractivity contribution in [3.05, 3.63) is 30.3 Å². The quantitative estimate of drug-likeness (QED) is 0.860. The van der Waals surface area contributed by atoms with Crippen LogP contribution in [-0.2, 0) is 4.79 Å². The number of hydrogen-bond acceptors (Lipinski definition) is 3. The molecule has 0 radical (unpaired) electrons. The molecule has 4 heteroatoms. The van der Waals surface area contributed by atoms with Crippen LogP contribution in [0.1, 0.15) is 20.3 Å². The van der Waals surface area contributed by atoms with Crippen LogP contribution < -0.4 is 16.0 Å². The maximum Gasteiger partial charge on any atom is 0.239 e. The van der Waals surface area contributed by atoms with Gasteiger partial charge in [0.15, 0.2) is 0 Å². The Morgan fingerprint density at radius 3 is 2.74 bits per heavy atom. The number of carbonyl (C=O) groups is 1. The molecular formula is C15H23N3O. The van der Waals surface area contributed by atoms with E-state index in [-0.39, 0.29) is 5.91 Å². The number of nitrogens with two attached hydrogens (primary N) is 1. The van der Waals surface area contributed by atoms with Gasteiger partial charge >= 0.3 is 0 Å². The van der Waals surface area contributed by atoms with Crippen LogP contribution in [0, 0.1) is 5.92 Å². The average molecular weight is 261 g/mol. The summed E-state index contributed by atoms with van der Waals surface area (Å²) in [4.78, 5) is 14.1. The molecule has 1 aromatic carbocycles. The SMILES string of the molecule is CC(C)(N)C(=O)NCC1CCN(c2ccccc2)C1. The minimum atomic E-state index is -0.794. The molecule has 0 aromatic heterocycles. The summed E-state index contributed by atoms with van der Waals surface area (Å²) >= 11 is 0. The Bertz CT molecular complexity index is 425. The molecule has 0 spiro atoms. The van der Waals surface area contributed by atoms with Gasteiger partial charge in [-0.1, -0.05) is 18.2 Å². The summed E-state index contributed by atoms with van der Waals surface area (Å²) in [6, 6.07) is 10.4. The summed E-state index contributed by atoms with van der Waals surface area (Å²) < 4.78 is 0. The van der Waals surface area contributed by atoms with E-state index in [9.17, 15) is 4.79 Å². The van der Waals surface area contributed by atoms with Crippen LogP contribution in [0.2, 0.25) is 0 Å². The summed E-state index contributed by atoms with van der Waals surface area (Å²) in [6.45, 7) is 6.22. The second-order valence-corrected chi connectivity index (χ2v) is 5.87. The van der Waals surface area contributed by atoms with Gasteiger partial charge in [0.1, 0.15) is 0 Å². The second-order valence-electron chi connectivity index (χ2n) is 5.87. The number of anilines is 1. The van der Waals surface area contributed by atoms with E-state index in [0.29, 0.717) is 12.5 Å². The fraction of sp³-hybridized carbons (Fsp3) is 0.533. The average Bonchev–Trinajstić information content (AvgIpc) is 2.84. The van der Waals surface area contributed by atoms with Crippen LogP contribution in [-0.4, -0.2) is 31.1 Å². The second kappa shape index (κ2) is 5.61. The number of nitrogens with zero attached hydrogens (tertiary/aromatic N) is 1. The lowest BCUT2D eigenvalue weighted by atomic mass is 10.1. The zero-order chi connectivity index (χ0) is 13.9. The van der Waals surface area contributed by atoms with Gasteiger partial charge in [-0.05, 0) is 38.3 Å². The molecule has 1 aliphatic rings. The van der Waals surface area contributed by atoms with Crippen LogP contribution >= 0.6 is 0 Å². The van der Waals surface area contributed by atoms with E-state index in [1.807, 2.05) is 6.07 Å². The maximum absolute atomic E-state index is 11.7. The first kappa shape index (κ1) is 13.9. The fourth-order valence-electron chi connectivity index (χ4n) is 2.34. The molecule has 3 N–H and O–H groups in total. The summed E-state index contributed by atoms with van der Waals surface area (Å²) in [5.41, 5.74) is 6.23. The molecule has 1 aromatic rings. The topological polar surface area (TPSA) is 58.4 Å². The van der Waals surface area contributed by atoms with Crippen molar-refractivity contribution in [2.24, 2.45) is 11.7 Å². The van der Waals surface area contributed by atoms with Crippen molar-refractivity contribution in [1.29, 1.82) is 0 Å². The highest BCUT2D eigenvalue weighted by Crippen LogP contribution is 2.22. The monoisotopic (exact) mass is 261 g/mol. The standard InChI is InChI=1S/C15H23N3O/c1-15(2,16)14(19)17-10-12-8-9-18(11-12)13-6-4-3-5-7-13/h3-7,12H,8-11,16H2,1-2H3,(H,17,19). The third-order valence-electron chi connectivity index (χ3n) is 3.54. The molecule has 2 rings (SSSR count). The lowest BCUT2D eigenvalue weighted by Crippen LogP contribution is -2.50. The van der Waals surface area contributed by atoms with Gasteiger partial charge in [-0.3, -0.25) is 4.79 Å². The zero-order valence-corrected chi connectivity index (χ0v) is 11.7. The van der Waals surface area contributed by atoms with Crippen LogP contribution in [0.4, 0.5) is 5.69 Å². The molecule has 0 saturated carbocycles. The minimum Gasteiger partial charge on any atom is -0.371 e. The van der Waals surface area contributed by atoms with Gasteiger partial charge in [0.05, 0.1) is 5.54 Å². The first-order valence-corrected chi connectivity index (χ1v) is 6.84. The summed E-state index contributed by atoms with van der Waals surface area (Å²) in [6.07, 6.45) is 1.11. The van der Waals surface area contributed by atoms with Gasteiger partial charge < -0.3 is 16.0 Å². The molecule has 1 fully saturated rings. The van der Waals surface area contributed by atoms with E-state index in [0.717, 1.165) is 19.5 Å². The van der Waals surface area contributed by atoms with E-state index in [4.69, 9.17) is 5.73 Å². The van der Waals surface area contributed by atoms with Crippen molar-refractivity contribution in [2.45, 2.75) is 25.8 Å². The fourth-order valence-corrected chi connectivity index (χ4v) is 2.34. The van der Waals surface area contributed by atoms with E-state index in [1.54, 1.807) is 13.8 Å². The molecule has 19 heavy (non-hydrogen) atoms. The largest absolute Gasteiger partial charge is 0.371 e. The van der Waals surface area contributed by atoms with E-state index < -0.39 is 5.54 Å². The zero-order valence-electron chi connectivity index (χ0n) is 11.7. The van der Waals surface area contributed by atoms with E-state index >= 15 is 0 Å². The normalized spacial score (nSPS) is 19.5. The first-order chi connectivity index (χ1) is 8.97. The van der Waals surface area contributed by atoms with Crippen molar-refractivity contribution in [3.63, 3.8) is 0 Å². The maximum atomic E-state index is 11.7. The third kappa shape index (κ3) is 3.70. The number of para-hydroxylation sites is 1. The van der Waals surface area contributed by atoms with Gasteiger partial charge in [-0.25, -0.2) is 0 Å². The summed E-state index contributed by atoms with van der Waals surface area (Å²) in [5.74, 6) is 0.428. The summed E-state index contributed by atoms with van der Waals surface area (Å²) in [5, 5.41) is 2.95. The first-order valence-electron chi connectivity index (χ1n) is 6.84. The third-order valence-corrected chi connectivity index (χ3v) is 3.54. The lowest BCUT2D eigenvalue weighted by molar-refractivity contribution is -0.125. The molecule has 0 bridgehead atoms. The Morgan fingerprint density at radius 2 is 2.11 bits per heavy atom. The number of carbonyl (C=O) groups excluding carboxylic acids is 1. The number of hydrogen-bond donors (Lipinski definition) is 2. The number of benzene rings is 1. The molecule has 104 valence electrons. The predicted molar refractivity (Wildman–Crippen MR) is 78.0 cm³/mol. The molecule has 1 aliphatic heterocycles. The van der Waals surface area contributed by atoms with Crippen molar-refractivity contribution in [3.8, 4) is 0 Å². The Hall–Kier alpha value is -1.55. The predicted octanol–water partition coefficient (Wildman–Crippen LogP) is 1.37. The lowest BCUT2D eigenvalue weighted by Gasteiger charge is -2.21. The van der Waals surface area contributed by atoms with Gasteiger partial charge in [-0.15, -0.1) is 0 Å². The Labute approximate surface area is 115 Å². The van der Waals surface area contributed by atoms with Gasteiger partial charge in [0, 0.05) is 25.3 Å². The van der Waals surface area contributed by atoms with Crippen molar-refractivity contribution >= 4 is 11.6 Å². The van der Waals surface area contributed by atoms with Crippen LogP contribution in [0.25, 0.3) is 0 Å². The Morgan fingerprint density at radius 1 is 1.42 bits per heavy atom. The summed E-state index contributed by atoms with van der Waals surface area (Å²) in [7, 11) is 0. The highest BCUT2D eigenvalue weighted by molar-refractivity contribution is 5.85. The smallest absolute Gasteiger partial charge is 0.239 e. The molecule has 1 saturated heterocycles. The Balaban J connectivity index is 1.82. The molecule has 4 nitrogen and oxygen atoms in total. The molecule has 0 aliphatic carbocycles.